The summed E-state index contributed by atoms with van der Waals surface area (Å²) in [7, 11) is 0. The molecule has 1 aliphatic rings. The van der Waals surface area contributed by atoms with Gasteiger partial charge in [-0.15, -0.1) is 0 Å². The van der Waals surface area contributed by atoms with Crippen molar-refractivity contribution in [3.05, 3.63) is 47.5 Å². The molecule has 0 spiro atoms. The van der Waals surface area contributed by atoms with E-state index in [4.69, 9.17) is 0 Å². The molecule has 1 saturated heterocycles. The van der Waals surface area contributed by atoms with E-state index in [2.05, 4.69) is 5.43 Å². The minimum absolute atomic E-state index is 0.0324. The number of amides is 1. The van der Waals surface area contributed by atoms with Gasteiger partial charge in [-0.05, 0) is 47.7 Å². The van der Waals surface area contributed by atoms with Crippen LogP contribution in [0.25, 0.3) is 10.8 Å². The summed E-state index contributed by atoms with van der Waals surface area (Å²) >= 11 is 0. The van der Waals surface area contributed by atoms with Crippen LogP contribution in [0.15, 0.2) is 36.4 Å². The van der Waals surface area contributed by atoms with Gasteiger partial charge in [0.05, 0.1) is 0 Å². The van der Waals surface area contributed by atoms with Gasteiger partial charge in [-0.3, -0.25) is 10.2 Å². The van der Waals surface area contributed by atoms with Gasteiger partial charge in [-0.2, -0.15) is 18.2 Å². The molecular formula is C20H23F3N2O. The van der Waals surface area contributed by atoms with Crippen molar-refractivity contribution >= 4 is 16.7 Å². The van der Waals surface area contributed by atoms with E-state index in [9.17, 15) is 18.0 Å². The highest BCUT2D eigenvalue weighted by molar-refractivity contribution is 5.84. The first-order valence-corrected chi connectivity index (χ1v) is 8.68. The van der Waals surface area contributed by atoms with Gasteiger partial charge in [-0.1, -0.05) is 44.2 Å². The van der Waals surface area contributed by atoms with Crippen LogP contribution in [-0.4, -0.2) is 22.6 Å². The minimum Gasteiger partial charge on any atom is -0.287 e. The van der Waals surface area contributed by atoms with Crippen LogP contribution in [0.5, 0.6) is 0 Å². The molecule has 140 valence electrons. The molecule has 0 bridgehead atoms. The van der Waals surface area contributed by atoms with E-state index in [-0.39, 0.29) is 12.0 Å². The maximum atomic E-state index is 13.9. The van der Waals surface area contributed by atoms with Crippen LogP contribution in [0.3, 0.4) is 0 Å². The van der Waals surface area contributed by atoms with Crippen molar-refractivity contribution in [3.8, 4) is 0 Å². The highest BCUT2D eigenvalue weighted by atomic mass is 19.4. The smallest absolute Gasteiger partial charge is 0.287 e. The lowest BCUT2D eigenvalue weighted by Gasteiger charge is -2.38. The number of hydrazine groups is 1. The molecule has 0 aromatic heterocycles. The van der Waals surface area contributed by atoms with Crippen LogP contribution in [0.4, 0.5) is 13.2 Å². The summed E-state index contributed by atoms with van der Waals surface area (Å²) in [5, 5.41) is 2.71. The fourth-order valence-corrected chi connectivity index (χ4v) is 3.51. The normalized spacial score (nSPS) is 19.2. The summed E-state index contributed by atoms with van der Waals surface area (Å²) in [4.78, 5) is 11.7. The summed E-state index contributed by atoms with van der Waals surface area (Å²) in [6.07, 6.45) is -4.48. The van der Waals surface area contributed by atoms with Gasteiger partial charge < -0.3 is 0 Å². The van der Waals surface area contributed by atoms with Gasteiger partial charge in [0.1, 0.15) is 0 Å². The second kappa shape index (κ2) is 6.27. The SMILES string of the molecule is CC(C)c1ccc2ccc(C(N3NC(=O)CC3(C)C)C(F)(F)F)cc2c1. The first-order chi connectivity index (χ1) is 12.0. The summed E-state index contributed by atoms with van der Waals surface area (Å²) in [6, 6.07) is 8.76. The van der Waals surface area contributed by atoms with E-state index < -0.39 is 23.7 Å². The van der Waals surface area contributed by atoms with Crippen LogP contribution in [0.2, 0.25) is 0 Å². The van der Waals surface area contributed by atoms with Crippen LogP contribution in [0.1, 0.15) is 57.2 Å². The lowest BCUT2D eigenvalue weighted by Crippen LogP contribution is -2.51. The number of alkyl halides is 3. The summed E-state index contributed by atoms with van der Waals surface area (Å²) in [6.45, 7) is 7.38. The highest BCUT2D eigenvalue weighted by Gasteiger charge is 2.52. The number of hydrogen-bond donors (Lipinski definition) is 1. The number of carbonyl (C=O) groups is 1. The molecule has 2 aromatic carbocycles. The highest BCUT2D eigenvalue weighted by Crippen LogP contribution is 2.43. The molecule has 3 rings (SSSR count). The molecule has 1 heterocycles. The molecule has 0 saturated carbocycles. The predicted molar refractivity (Wildman–Crippen MR) is 95.5 cm³/mol. The third kappa shape index (κ3) is 3.43. The Bertz CT molecular complexity index is 843. The standard InChI is InChI=1S/C20H23F3N2O/c1-12(2)14-7-5-13-6-8-15(10-16(13)9-14)18(20(21,22)23)25-19(3,4)11-17(26)24-25/h5-10,12,18H,11H2,1-4H3,(H,24,26). The van der Waals surface area contributed by atoms with Crippen LogP contribution in [-0.2, 0) is 4.79 Å². The lowest BCUT2D eigenvalue weighted by molar-refractivity contribution is -0.203. The van der Waals surface area contributed by atoms with Crippen molar-refractivity contribution in [1.82, 2.24) is 10.4 Å². The van der Waals surface area contributed by atoms with Crippen molar-refractivity contribution in [2.45, 2.75) is 57.8 Å². The molecule has 1 fully saturated rings. The van der Waals surface area contributed by atoms with Crippen LogP contribution < -0.4 is 5.43 Å². The number of fused-ring (bicyclic) bond motifs is 1. The maximum Gasteiger partial charge on any atom is 0.409 e. The van der Waals surface area contributed by atoms with Crippen molar-refractivity contribution in [3.63, 3.8) is 0 Å². The number of rotatable bonds is 3. The van der Waals surface area contributed by atoms with Crippen molar-refractivity contribution in [2.24, 2.45) is 0 Å². The van der Waals surface area contributed by atoms with Gasteiger partial charge in [0.15, 0.2) is 6.04 Å². The molecule has 1 atom stereocenters. The van der Waals surface area contributed by atoms with E-state index in [1.54, 1.807) is 26.0 Å². The number of hydrogen-bond acceptors (Lipinski definition) is 2. The summed E-state index contributed by atoms with van der Waals surface area (Å²) in [5.41, 5.74) is 2.68. The quantitative estimate of drug-likeness (QED) is 0.823. The van der Waals surface area contributed by atoms with Gasteiger partial charge >= 0.3 is 6.18 Å². The molecule has 6 heteroatoms. The van der Waals surface area contributed by atoms with Gasteiger partial charge in [0.25, 0.3) is 0 Å². The monoisotopic (exact) mass is 364 g/mol. The van der Waals surface area contributed by atoms with E-state index in [0.29, 0.717) is 5.92 Å². The molecule has 2 aromatic rings. The second-order valence-corrected chi connectivity index (χ2v) is 7.86. The molecular weight excluding hydrogens is 341 g/mol. The predicted octanol–water partition coefficient (Wildman–Crippen LogP) is 5.08. The largest absolute Gasteiger partial charge is 0.409 e. The fourth-order valence-electron chi connectivity index (χ4n) is 3.51. The Morgan fingerprint density at radius 1 is 1.04 bits per heavy atom. The zero-order valence-electron chi connectivity index (χ0n) is 15.3. The number of nitrogens with one attached hydrogen (secondary N) is 1. The molecule has 3 nitrogen and oxygen atoms in total. The second-order valence-electron chi connectivity index (χ2n) is 7.86. The van der Waals surface area contributed by atoms with Crippen LogP contribution >= 0.6 is 0 Å². The Hall–Kier alpha value is -2.08. The third-order valence-electron chi connectivity index (χ3n) is 4.93. The number of benzene rings is 2. The Kier molecular flexibility index (Phi) is 4.51. The van der Waals surface area contributed by atoms with E-state index in [0.717, 1.165) is 21.3 Å². The molecule has 26 heavy (non-hydrogen) atoms. The Labute approximate surface area is 151 Å². The molecule has 0 aliphatic carbocycles. The van der Waals surface area contributed by atoms with E-state index in [1.165, 1.54) is 6.07 Å². The number of nitrogens with zero attached hydrogens (tertiary/aromatic N) is 1. The summed E-state index contributed by atoms with van der Waals surface area (Å²) in [5.74, 6) is -0.106. The number of halogens is 3. The zero-order valence-corrected chi connectivity index (χ0v) is 15.3. The lowest BCUT2D eigenvalue weighted by atomic mass is 9.94. The van der Waals surface area contributed by atoms with E-state index in [1.807, 2.05) is 32.0 Å². The first kappa shape index (κ1) is 18.7. The summed E-state index contributed by atoms with van der Waals surface area (Å²) < 4.78 is 41.8. The topological polar surface area (TPSA) is 32.3 Å². The number of carbonyl (C=O) groups excluding carboxylic acids is 1. The molecule has 1 unspecified atom stereocenters. The zero-order chi connectivity index (χ0) is 19.3. The van der Waals surface area contributed by atoms with Gasteiger partial charge in [0.2, 0.25) is 5.91 Å². The van der Waals surface area contributed by atoms with Crippen molar-refractivity contribution in [1.29, 1.82) is 0 Å². The molecule has 1 aliphatic heterocycles. The van der Waals surface area contributed by atoms with Gasteiger partial charge in [-0.25, -0.2) is 0 Å². The van der Waals surface area contributed by atoms with Gasteiger partial charge in [0, 0.05) is 12.0 Å². The minimum atomic E-state index is -4.52. The Morgan fingerprint density at radius 3 is 2.12 bits per heavy atom. The Balaban J connectivity index is 2.11. The van der Waals surface area contributed by atoms with E-state index >= 15 is 0 Å². The molecule has 1 amide bonds. The average molecular weight is 364 g/mol. The maximum absolute atomic E-state index is 13.9. The fraction of sp³-hybridized carbons (Fsp3) is 0.450. The van der Waals surface area contributed by atoms with Crippen LogP contribution in [0, 0.1) is 0 Å². The molecule has 0 radical (unpaired) electrons. The Morgan fingerprint density at radius 2 is 1.62 bits per heavy atom. The first-order valence-electron chi connectivity index (χ1n) is 8.68. The molecule has 1 N–H and O–H groups in total. The average Bonchev–Trinajstić information content (AvgIpc) is 2.77. The third-order valence-corrected chi connectivity index (χ3v) is 4.93. The van der Waals surface area contributed by atoms with Crippen molar-refractivity contribution < 1.29 is 18.0 Å². The van der Waals surface area contributed by atoms with Crippen molar-refractivity contribution in [2.75, 3.05) is 0 Å².